The Hall–Kier alpha value is 0.210. The zero-order valence-electron chi connectivity index (χ0n) is 5.89. The summed E-state index contributed by atoms with van der Waals surface area (Å²) in [5, 5.41) is 0. The van der Waals surface area contributed by atoms with Gasteiger partial charge in [0.2, 0.25) is 0 Å². The van der Waals surface area contributed by atoms with E-state index in [2.05, 4.69) is 13.8 Å². The molecule has 0 aliphatic carbocycles. The maximum absolute atomic E-state index is 5.69. The molecule has 3 heteroatoms. The monoisotopic (exact) mass is 151 g/mol. The molecule has 1 rings (SSSR count). The smallest absolute Gasteiger partial charge is 0.0623 e. The van der Waals surface area contributed by atoms with Gasteiger partial charge in [0.1, 0.15) is 0 Å². The van der Waals surface area contributed by atoms with Crippen molar-refractivity contribution >= 4 is 12.4 Å². The lowest BCUT2D eigenvalue weighted by atomic mass is 9.89. The molecule has 0 aromatic heterocycles. The predicted octanol–water partition coefficient (Wildman–Crippen LogP) is 0.792. The zero-order valence-corrected chi connectivity index (χ0v) is 6.70. The summed E-state index contributed by atoms with van der Waals surface area (Å²) in [5.74, 6) is 0. The van der Waals surface area contributed by atoms with E-state index in [1.165, 1.54) is 0 Å². The molecule has 1 aliphatic heterocycles. The van der Waals surface area contributed by atoms with Crippen molar-refractivity contribution in [3.05, 3.63) is 0 Å². The fourth-order valence-corrected chi connectivity index (χ4v) is 0.782. The molecular formula is C6H14ClNO. The fraction of sp³-hybridized carbons (Fsp3) is 1.00. The molecule has 0 spiro atoms. The number of nitrogens with two attached hydrogens (primary N) is 1. The third kappa shape index (κ3) is 1.81. The van der Waals surface area contributed by atoms with E-state index in [0.29, 0.717) is 0 Å². The lowest BCUT2D eigenvalue weighted by Gasteiger charge is -2.19. The van der Waals surface area contributed by atoms with Crippen molar-refractivity contribution in [2.45, 2.75) is 19.9 Å². The summed E-state index contributed by atoms with van der Waals surface area (Å²) in [6.07, 6.45) is 0. The first-order valence-corrected chi connectivity index (χ1v) is 2.96. The molecule has 2 nitrogen and oxygen atoms in total. The Bertz CT molecular complexity index is 95.1. The van der Waals surface area contributed by atoms with Crippen LogP contribution in [-0.4, -0.2) is 19.3 Å². The molecule has 0 radical (unpaired) electrons. The molecule has 1 saturated heterocycles. The summed E-state index contributed by atoms with van der Waals surface area (Å²) >= 11 is 0. The van der Waals surface area contributed by atoms with Crippen molar-refractivity contribution in [2.24, 2.45) is 11.1 Å². The molecule has 0 bridgehead atoms. The van der Waals surface area contributed by atoms with Crippen molar-refractivity contribution < 1.29 is 4.74 Å². The van der Waals surface area contributed by atoms with Crippen LogP contribution in [0.4, 0.5) is 0 Å². The number of halogens is 1. The van der Waals surface area contributed by atoms with E-state index < -0.39 is 0 Å². The Morgan fingerprint density at radius 2 is 2.11 bits per heavy atom. The predicted molar refractivity (Wildman–Crippen MR) is 39.8 cm³/mol. The molecule has 1 fully saturated rings. The second-order valence-electron chi connectivity index (χ2n) is 3.11. The van der Waals surface area contributed by atoms with Gasteiger partial charge in [0.15, 0.2) is 0 Å². The van der Waals surface area contributed by atoms with Gasteiger partial charge in [-0.25, -0.2) is 0 Å². The largest absolute Gasteiger partial charge is 0.379 e. The maximum Gasteiger partial charge on any atom is 0.0623 e. The van der Waals surface area contributed by atoms with E-state index >= 15 is 0 Å². The van der Waals surface area contributed by atoms with Gasteiger partial charge in [-0.05, 0) is 0 Å². The van der Waals surface area contributed by atoms with Gasteiger partial charge in [-0.3, -0.25) is 0 Å². The van der Waals surface area contributed by atoms with Crippen LogP contribution in [0, 0.1) is 5.41 Å². The molecular weight excluding hydrogens is 138 g/mol. The highest BCUT2D eigenvalue weighted by molar-refractivity contribution is 5.85. The molecule has 0 amide bonds. The van der Waals surface area contributed by atoms with Crippen LogP contribution >= 0.6 is 12.4 Å². The van der Waals surface area contributed by atoms with Crippen LogP contribution in [0.3, 0.4) is 0 Å². The average molecular weight is 152 g/mol. The highest BCUT2D eigenvalue weighted by atomic mass is 35.5. The molecule has 2 N–H and O–H groups in total. The second kappa shape index (κ2) is 2.86. The van der Waals surface area contributed by atoms with Crippen LogP contribution in [0.2, 0.25) is 0 Å². The van der Waals surface area contributed by atoms with Crippen molar-refractivity contribution in [1.82, 2.24) is 0 Å². The highest BCUT2D eigenvalue weighted by Gasteiger charge is 2.32. The lowest BCUT2D eigenvalue weighted by molar-refractivity contribution is 0.167. The number of ether oxygens (including phenoxy) is 1. The Morgan fingerprint density at radius 3 is 2.22 bits per heavy atom. The summed E-state index contributed by atoms with van der Waals surface area (Å²) in [7, 11) is 0. The van der Waals surface area contributed by atoms with Crippen molar-refractivity contribution in [1.29, 1.82) is 0 Å². The normalized spacial score (nSPS) is 31.7. The first-order chi connectivity index (χ1) is 3.63. The van der Waals surface area contributed by atoms with E-state index in [4.69, 9.17) is 10.5 Å². The minimum Gasteiger partial charge on any atom is -0.379 e. The van der Waals surface area contributed by atoms with Gasteiger partial charge in [0.05, 0.1) is 13.2 Å². The van der Waals surface area contributed by atoms with Crippen molar-refractivity contribution in [3.8, 4) is 0 Å². The third-order valence-corrected chi connectivity index (χ3v) is 1.78. The summed E-state index contributed by atoms with van der Waals surface area (Å²) in [6.45, 7) is 5.80. The van der Waals surface area contributed by atoms with Gasteiger partial charge in [-0.2, -0.15) is 0 Å². The Morgan fingerprint density at radius 1 is 1.56 bits per heavy atom. The van der Waals surface area contributed by atoms with E-state index in [0.717, 1.165) is 13.2 Å². The molecule has 1 aliphatic rings. The minimum atomic E-state index is 0. The molecule has 9 heavy (non-hydrogen) atoms. The van der Waals surface area contributed by atoms with Crippen molar-refractivity contribution in [2.75, 3.05) is 13.2 Å². The Kier molecular flexibility index (Phi) is 2.93. The van der Waals surface area contributed by atoms with E-state index in [-0.39, 0.29) is 23.9 Å². The van der Waals surface area contributed by atoms with E-state index in [1.54, 1.807) is 0 Å². The molecule has 0 aromatic carbocycles. The summed E-state index contributed by atoms with van der Waals surface area (Å²) in [5.41, 5.74) is 5.90. The Balaban J connectivity index is 0.000000640. The van der Waals surface area contributed by atoms with E-state index in [9.17, 15) is 0 Å². The molecule has 0 aromatic rings. The van der Waals surface area contributed by atoms with Crippen molar-refractivity contribution in [3.63, 3.8) is 0 Å². The van der Waals surface area contributed by atoms with Gasteiger partial charge < -0.3 is 10.5 Å². The zero-order chi connectivity index (χ0) is 6.20. The second-order valence-corrected chi connectivity index (χ2v) is 3.11. The molecule has 56 valence electrons. The first-order valence-electron chi connectivity index (χ1n) is 2.96. The van der Waals surface area contributed by atoms with Crippen LogP contribution in [0.5, 0.6) is 0 Å². The Labute approximate surface area is 62.2 Å². The molecule has 1 atom stereocenters. The van der Waals surface area contributed by atoms with Crippen LogP contribution in [0.15, 0.2) is 0 Å². The van der Waals surface area contributed by atoms with Gasteiger partial charge in [0.25, 0.3) is 0 Å². The summed E-state index contributed by atoms with van der Waals surface area (Å²) in [4.78, 5) is 0. The van der Waals surface area contributed by atoms with E-state index in [1.807, 2.05) is 0 Å². The first kappa shape index (κ1) is 9.21. The highest BCUT2D eigenvalue weighted by Crippen LogP contribution is 2.24. The molecule has 1 unspecified atom stereocenters. The SMILES string of the molecule is CC1(C)COCC1N.Cl. The third-order valence-electron chi connectivity index (χ3n) is 1.78. The topological polar surface area (TPSA) is 35.2 Å². The average Bonchev–Trinajstić information content (AvgIpc) is 1.86. The van der Waals surface area contributed by atoms with Crippen LogP contribution in [-0.2, 0) is 4.74 Å². The fourth-order valence-electron chi connectivity index (χ4n) is 0.782. The summed E-state index contributed by atoms with van der Waals surface area (Å²) < 4.78 is 5.15. The number of hydrogen-bond donors (Lipinski definition) is 1. The van der Waals surface area contributed by atoms with Crippen LogP contribution in [0.1, 0.15) is 13.8 Å². The molecule has 0 saturated carbocycles. The number of hydrogen-bond acceptors (Lipinski definition) is 2. The van der Waals surface area contributed by atoms with Crippen LogP contribution in [0.25, 0.3) is 0 Å². The van der Waals surface area contributed by atoms with Gasteiger partial charge in [-0.1, -0.05) is 13.8 Å². The lowest BCUT2D eigenvalue weighted by Crippen LogP contribution is -2.35. The summed E-state index contributed by atoms with van der Waals surface area (Å²) in [6, 6.07) is 0.238. The van der Waals surface area contributed by atoms with Gasteiger partial charge in [0, 0.05) is 11.5 Å². The quantitative estimate of drug-likeness (QED) is 0.556. The van der Waals surface area contributed by atoms with Gasteiger partial charge >= 0.3 is 0 Å². The minimum absolute atomic E-state index is 0. The maximum atomic E-state index is 5.69. The van der Waals surface area contributed by atoms with Crippen LogP contribution < -0.4 is 5.73 Å². The van der Waals surface area contributed by atoms with Gasteiger partial charge in [-0.15, -0.1) is 12.4 Å². The standard InChI is InChI=1S/C6H13NO.ClH/c1-6(2)4-8-3-5(6)7;/h5H,3-4,7H2,1-2H3;1H. The number of rotatable bonds is 0. The molecule has 1 heterocycles.